The van der Waals surface area contributed by atoms with Gasteiger partial charge in [0.25, 0.3) is 0 Å². The van der Waals surface area contributed by atoms with Crippen LogP contribution in [0.4, 0.5) is 5.69 Å². The van der Waals surface area contributed by atoms with Crippen molar-refractivity contribution in [2.24, 2.45) is 5.92 Å². The average Bonchev–Trinajstić information content (AvgIpc) is 2.76. The van der Waals surface area contributed by atoms with E-state index in [9.17, 15) is 4.79 Å². The van der Waals surface area contributed by atoms with E-state index in [1.54, 1.807) is 12.3 Å². The third kappa shape index (κ3) is 3.54. The Kier molecular flexibility index (Phi) is 4.18. The molecule has 1 N–H and O–H groups in total. The summed E-state index contributed by atoms with van der Waals surface area (Å²) >= 11 is 9.19. The molecule has 0 saturated carbocycles. The summed E-state index contributed by atoms with van der Waals surface area (Å²) in [6.07, 6.45) is 8.43. The number of aromatic nitrogens is 1. The number of amides is 1. The number of carbonyl (C=O) groups is 1. The summed E-state index contributed by atoms with van der Waals surface area (Å²) < 4.78 is 0.790. The summed E-state index contributed by atoms with van der Waals surface area (Å²) in [7, 11) is 0. The van der Waals surface area contributed by atoms with Gasteiger partial charge in [-0.25, -0.2) is 4.98 Å². The number of anilines is 1. The minimum Gasteiger partial charge on any atom is -0.323 e. The average molecular weight is 316 g/mol. The molecule has 1 aromatic heterocycles. The van der Waals surface area contributed by atoms with Gasteiger partial charge in [-0.3, -0.25) is 4.79 Å². The van der Waals surface area contributed by atoms with E-state index >= 15 is 0 Å². The number of pyridine rings is 1. The van der Waals surface area contributed by atoms with Crippen molar-refractivity contribution in [3.63, 3.8) is 0 Å². The van der Waals surface area contributed by atoms with Gasteiger partial charge in [-0.15, -0.1) is 0 Å². The van der Waals surface area contributed by atoms with Gasteiger partial charge < -0.3 is 5.32 Å². The number of halogens is 2. The summed E-state index contributed by atoms with van der Waals surface area (Å²) in [5.74, 6) is 0.331. The molecule has 0 aromatic carbocycles. The smallest absolute Gasteiger partial charge is 0.225 e. The van der Waals surface area contributed by atoms with Gasteiger partial charge in [-0.1, -0.05) is 23.8 Å². The van der Waals surface area contributed by atoms with Crippen molar-refractivity contribution >= 4 is 39.1 Å². The Balaban J connectivity index is 1.97. The van der Waals surface area contributed by atoms with E-state index in [1.807, 2.05) is 0 Å². The molecule has 1 aliphatic rings. The van der Waals surface area contributed by atoms with Crippen LogP contribution in [0.3, 0.4) is 0 Å². The van der Waals surface area contributed by atoms with Crippen LogP contribution in [-0.4, -0.2) is 10.9 Å². The maximum atomic E-state index is 11.8. The van der Waals surface area contributed by atoms with Gasteiger partial charge in [0.1, 0.15) is 0 Å². The van der Waals surface area contributed by atoms with Crippen molar-refractivity contribution in [1.82, 2.24) is 4.98 Å². The maximum absolute atomic E-state index is 11.8. The predicted molar refractivity (Wildman–Crippen MR) is 72.1 cm³/mol. The lowest BCUT2D eigenvalue weighted by Gasteiger charge is -2.09. The van der Waals surface area contributed by atoms with Crippen molar-refractivity contribution < 1.29 is 4.79 Å². The number of nitrogens with one attached hydrogen (secondary N) is 1. The lowest BCUT2D eigenvalue weighted by atomic mass is 10.1. The normalized spacial score (nSPS) is 18.4. The molecular formula is C12H12BrClN2O. The minimum absolute atomic E-state index is 0.0247. The van der Waals surface area contributed by atoms with Crippen molar-refractivity contribution in [2.75, 3.05) is 5.32 Å². The summed E-state index contributed by atoms with van der Waals surface area (Å²) in [6.45, 7) is 0. The van der Waals surface area contributed by atoms with Gasteiger partial charge in [0.05, 0.1) is 5.69 Å². The molecule has 5 heteroatoms. The Morgan fingerprint density at radius 3 is 3.18 bits per heavy atom. The highest BCUT2D eigenvalue weighted by atomic mass is 79.9. The van der Waals surface area contributed by atoms with E-state index in [0.29, 0.717) is 23.2 Å². The van der Waals surface area contributed by atoms with E-state index in [0.717, 1.165) is 17.3 Å². The number of carbonyl (C=O) groups excluding carboxylic acids is 1. The third-order valence-electron chi connectivity index (χ3n) is 2.64. The van der Waals surface area contributed by atoms with Gasteiger partial charge >= 0.3 is 0 Å². The fourth-order valence-corrected chi connectivity index (χ4v) is 2.30. The molecule has 1 amide bonds. The van der Waals surface area contributed by atoms with E-state index in [4.69, 9.17) is 11.6 Å². The first-order chi connectivity index (χ1) is 8.15. The quantitative estimate of drug-likeness (QED) is 0.681. The van der Waals surface area contributed by atoms with E-state index in [1.165, 1.54) is 0 Å². The van der Waals surface area contributed by atoms with E-state index in [-0.39, 0.29) is 5.91 Å². The monoisotopic (exact) mass is 314 g/mol. The fourth-order valence-electron chi connectivity index (χ4n) is 1.81. The second-order valence-corrected chi connectivity index (χ2v) is 5.28. The predicted octanol–water partition coefficient (Wildman–Crippen LogP) is 3.79. The zero-order valence-corrected chi connectivity index (χ0v) is 11.5. The first-order valence-corrected chi connectivity index (χ1v) is 6.60. The lowest BCUT2D eigenvalue weighted by Crippen LogP contribution is -2.15. The molecule has 1 unspecified atom stereocenters. The van der Waals surface area contributed by atoms with Crippen molar-refractivity contribution in [1.29, 1.82) is 0 Å². The van der Waals surface area contributed by atoms with Crippen molar-refractivity contribution in [3.05, 3.63) is 34.0 Å². The Morgan fingerprint density at radius 1 is 1.65 bits per heavy atom. The van der Waals surface area contributed by atoms with Gasteiger partial charge in [-0.2, -0.15) is 0 Å². The second kappa shape index (κ2) is 5.65. The standard InChI is InChI=1S/C12H12BrClN2O/c13-9-6-10(12(14)15-7-9)16-11(17)5-8-3-1-2-4-8/h1,3,6-8H,2,4-5H2,(H,16,17). The van der Waals surface area contributed by atoms with Crippen LogP contribution in [0.2, 0.25) is 5.15 Å². The molecule has 3 nitrogen and oxygen atoms in total. The van der Waals surface area contributed by atoms with Gasteiger partial charge in [-0.05, 0) is 40.8 Å². The molecule has 0 spiro atoms. The zero-order valence-electron chi connectivity index (χ0n) is 9.12. The molecule has 90 valence electrons. The first kappa shape index (κ1) is 12.6. The lowest BCUT2D eigenvalue weighted by molar-refractivity contribution is -0.116. The molecule has 0 bridgehead atoms. The van der Waals surface area contributed by atoms with Gasteiger partial charge in [0, 0.05) is 17.1 Å². The molecule has 1 aromatic rings. The number of hydrogen-bond donors (Lipinski definition) is 1. The molecule has 1 atom stereocenters. The fraction of sp³-hybridized carbons (Fsp3) is 0.333. The van der Waals surface area contributed by atoms with Crippen LogP contribution in [0.25, 0.3) is 0 Å². The van der Waals surface area contributed by atoms with Crippen LogP contribution in [0.15, 0.2) is 28.9 Å². The molecule has 2 rings (SSSR count). The van der Waals surface area contributed by atoms with Crippen molar-refractivity contribution in [2.45, 2.75) is 19.3 Å². The summed E-state index contributed by atoms with van der Waals surface area (Å²) in [6, 6.07) is 1.75. The Morgan fingerprint density at radius 2 is 2.47 bits per heavy atom. The van der Waals surface area contributed by atoms with Crippen LogP contribution >= 0.6 is 27.5 Å². The molecule has 0 aliphatic heterocycles. The molecule has 0 saturated heterocycles. The molecule has 0 fully saturated rings. The largest absolute Gasteiger partial charge is 0.323 e. The molecule has 0 radical (unpaired) electrons. The summed E-state index contributed by atoms with van der Waals surface area (Å²) in [5, 5.41) is 3.09. The maximum Gasteiger partial charge on any atom is 0.225 e. The van der Waals surface area contributed by atoms with Crippen LogP contribution in [0.1, 0.15) is 19.3 Å². The Labute approximate surface area is 113 Å². The van der Waals surface area contributed by atoms with Crippen LogP contribution in [0, 0.1) is 5.92 Å². The number of hydrogen-bond acceptors (Lipinski definition) is 2. The Bertz CT molecular complexity index is 462. The molecule has 1 aliphatic carbocycles. The number of rotatable bonds is 3. The highest BCUT2D eigenvalue weighted by Crippen LogP contribution is 2.25. The minimum atomic E-state index is -0.0247. The van der Waals surface area contributed by atoms with Crippen molar-refractivity contribution in [3.8, 4) is 0 Å². The third-order valence-corrected chi connectivity index (χ3v) is 3.37. The second-order valence-electron chi connectivity index (χ2n) is 4.01. The summed E-state index contributed by atoms with van der Waals surface area (Å²) in [5.41, 5.74) is 0.549. The molecule has 17 heavy (non-hydrogen) atoms. The summed E-state index contributed by atoms with van der Waals surface area (Å²) in [4.78, 5) is 15.7. The Hall–Kier alpha value is -0.870. The SMILES string of the molecule is O=C(CC1C=CCC1)Nc1cc(Br)cnc1Cl. The van der Waals surface area contributed by atoms with Gasteiger partial charge in [0.15, 0.2) is 5.15 Å². The first-order valence-electron chi connectivity index (χ1n) is 5.42. The topological polar surface area (TPSA) is 42.0 Å². The molecular weight excluding hydrogens is 304 g/mol. The van der Waals surface area contributed by atoms with E-state index in [2.05, 4.69) is 38.4 Å². The van der Waals surface area contributed by atoms with Gasteiger partial charge in [0.2, 0.25) is 5.91 Å². The highest BCUT2D eigenvalue weighted by Gasteiger charge is 2.15. The highest BCUT2D eigenvalue weighted by molar-refractivity contribution is 9.10. The van der Waals surface area contributed by atoms with E-state index < -0.39 is 0 Å². The number of nitrogens with zero attached hydrogens (tertiary/aromatic N) is 1. The molecule has 1 heterocycles. The van der Waals surface area contributed by atoms with Crippen LogP contribution in [-0.2, 0) is 4.79 Å². The van der Waals surface area contributed by atoms with Crippen LogP contribution < -0.4 is 5.32 Å². The number of allylic oxidation sites excluding steroid dienone is 2. The van der Waals surface area contributed by atoms with Crippen LogP contribution in [0.5, 0.6) is 0 Å². The zero-order chi connectivity index (χ0) is 12.3.